The van der Waals surface area contributed by atoms with Crippen LogP contribution in [0.4, 0.5) is 0 Å². The molecule has 2 aromatic heterocycles. The number of likely N-dealkylation sites (tertiary alicyclic amines) is 1. The van der Waals surface area contributed by atoms with Gasteiger partial charge in [0.1, 0.15) is 11.4 Å². The Morgan fingerprint density at radius 2 is 2.00 bits per heavy atom. The molecular weight excluding hydrogens is 378 g/mol. The van der Waals surface area contributed by atoms with E-state index in [0.717, 1.165) is 36.5 Å². The number of nitrogens with one attached hydrogen (secondary N) is 1. The predicted octanol–water partition coefficient (Wildman–Crippen LogP) is 2.85. The largest absolute Gasteiger partial charge is 0.338 e. The lowest BCUT2D eigenvalue weighted by atomic mass is 9.96. The van der Waals surface area contributed by atoms with E-state index >= 15 is 0 Å². The molecule has 30 heavy (non-hydrogen) atoms. The summed E-state index contributed by atoms with van der Waals surface area (Å²) < 4.78 is 1.65. The van der Waals surface area contributed by atoms with E-state index in [0.29, 0.717) is 19.6 Å². The van der Waals surface area contributed by atoms with Crippen molar-refractivity contribution in [1.29, 1.82) is 0 Å². The molecule has 1 aromatic carbocycles. The molecule has 0 bridgehead atoms. The van der Waals surface area contributed by atoms with Crippen LogP contribution in [0.15, 0.2) is 47.4 Å². The average Bonchev–Trinajstić information content (AvgIpc) is 3.20. The van der Waals surface area contributed by atoms with Gasteiger partial charge in [-0.1, -0.05) is 30.3 Å². The van der Waals surface area contributed by atoms with Gasteiger partial charge in [0.25, 0.3) is 11.5 Å². The van der Waals surface area contributed by atoms with Crippen LogP contribution in [0.2, 0.25) is 0 Å². The summed E-state index contributed by atoms with van der Waals surface area (Å²) in [7, 11) is 0. The Kier molecular flexibility index (Phi) is 5.79. The number of aromatic nitrogens is 4. The van der Waals surface area contributed by atoms with E-state index in [-0.39, 0.29) is 22.9 Å². The lowest BCUT2D eigenvalue weighted by Crippen LogP contribution is -2.42. The van der Waals surface area contributed by atoms with E-state index in [2.05, 4.69) is 15.2 Å². The van der Waals surface area contributed by atoms with E-state index < -0.39 is 0 Å². The smallest absolute Gasteiger partial charge is 0.263 e. The molecule has 1 amide bonds. The second-order valence-corrected chi connectivity index (χ2v) is 7.98. The summed E-state index contributed by atoms with van der Waals surface area (Å²) >= 11 is 0. The van der Waals surface area contributed by atoms with Gasteiger partial charge in [0, 0.05) is 31.7 Å². The molecule has 1 aliphatic heterocycles. The average molecular weight is 406 g/mol. The fourth-order valence-electron chi connectivity index (χ4n) is 4.07. The minimum Gasteiger partial charge on any atom is -0.338 e. The molecule has 1 N–H and O–H groups in total. The third kappa shape index (κ3) is 4.20. The number of H-pyrrole nitrogens is 1. The van der Waals surface area contributed by atoms with Crippen molar-refractivity contribution in [3.63, 3.8) is 0 Å². The Labute approximate surface area is 175 Å². The first kappa shape index (κ1) is 20.1. The van der Waals surface area contributed by atoms with Gasteiger partial charge in [-0.05, 0) is 50.3 Å². The Bertz CT molecular complexity index is 1090. The fourth-order valence-corrected chi connectivity index (χ4v) is 4.07. The second kappa shape index (κ2) is 8.65. The van der Waals surface area contributed by atoms with Crippen LogP contribution < -0.4 is 5.56 Å². The number of aromatic amines is 1. The zero-order chi connectivity index (χ0) is 21.1. The number of rotatable bonds is 5. The van der Waals surface area contributed by atoms with Gasteiger partial charge in [0.2, 0.25) is 0 Å². The summed E-state index contributed by atoms with van der Waals surface area (Å²) in [6.07, 6.45) is 4.34. The van der Waals surface area contributed by atoms with Crippen molar-refractivity contribution in [3.05, 3.63) is 81.3 Å². The first-order chi connectivity index (χ1) is 14.5. The van der Waals surface area contributed by atoms with E-state index in [1.165, 1.54) is 5.56 Å². The number of benzene rings is 1. The van der Waals surface area contributed by atoms with Crippen molar-refractivity contribution in [3.8, 4) is 0 Å². The van der Waals surface area contributed by atoms with E-state index in [4.69, 9.17) is 0 Å². The standard InChI is InChI=1S/C23H27N5O2/c1-16-10-13-27(14-11-18-7-4-3-5-8-18)22(29)20(16)23(30)28-12-6-9-19(15-28)21-24-17(2)25-26-21/h3-5,7-8,10,13,19H,6,9,11-12,14-15H2,1-2H3,(H,24,25,26). The minimum atomic E-state index is -0.216. The maximum atomic E-state index is 13.3. The van der Waals surface area contributed by atoms with Crippen molar-refractivity contribution < 1.29 is 4.79 Å². The molecule has 4 rings (SSSR count). The summed E-state index contributed by atoms with van der Waals surface area (Å²) in [6.45, 7) is 5.43. The molecule has 0 spiro atoms. The van der Waals surface area contributed by atoms with Crippen LogP contribution in [-0.2, 0) is 13.0 Å². The van der Waals surface area contributed by atoms with Gasteiger partial charge in [-0.25, -0.2) is 4.98 Å². The maximum Gasteiger partial charge on any atom is 0.263 e. The molecule has 156 valence electrons. The monoisotopic (exact) mass is 405 g/mol. The Morgan fingerprint density at radius 1 is 1.20 bits per heavy atom. The van der Waals surface area contributed by atoms with Crippen LogP contribution in [0, 0.1) is 13.8 Å². The van der Waals surface area contributed by atoms with Crippen LogP contribution in [0.25, 0.3) is 0 Å². The number of carbonyl (C=O) groups is 1. The van der Waals surface area contributed by atoms with E-state index in [1.807, 2.05) is 50.2 Å². The first-order valence-corrected chi connectivity index (χ1v) is 10.4. The van der Waals surface area contributed by atoms with Crippen LogP contribution in [0.1, 0.15) is 51.9 Å². The molecule has 0 aliphatic carbocycles. The van der Waals surface area contributed by atoms with Crippen molar-refractivity contribution in [1.82, 2.24) is 24.6 Å². The lowest BCUT2D eigenvalue weighted by molar-refractivity contribution is 0.0701. The van der Waals surface area contributed by atoms with Gasteiger partial charge < -0.3 is 9.47 Å². The number of hydrogen-bond donors (Lipinski definition) is 1. The highest BCUT2D eigenvalue weighted by Gasteiger charge is 2.29. The zero-order valence-corrected chi connectivity index (χ0v) is 17.5. The van der Waals surface area contributed by atoms with Gasteiger partial charge in [-0.15, -0.1) is 0 Å². The SMILES string of the molecule is Cc1nc(C2CCCN(C(=O)c3c(C)ccn(CCc4ccccc4)c3=O)C2)n[nH]1. The number of aryl methyl sites for hydroxylation is 4. The molecule has 1 aliphatic rings. The number of amides is 1. The highest BCUT2D eigenvalue weighted by Crippen LogP contribution is 2.25. The summed E-state index contributed by atoms with van der Waals surface area (Å²) in [5, 5.41) is 7.15. The van der Waals surface area contributed by atoms with Crippen molar-refractivity contribution in [2.75, 3.05) is 13.1 Å². The molecule has 1 unspecified atom stereocenters. The number of hydrogen-bond acceptors (Lipinski definition) is 4. The van der Waals surface area contributed by atoms with Crippen LogP contribution in [0.5, 0.6) is 0 Å². The third-order valence-electron chi connectivity index (χ3n) is 5.76. The lowest BCUT2D eigenvalue weighted by Gasteiger charge is -2.31. The molecule has 0 saturated carbocycles. The minimum absolute atomic E-state index is 0.0944. The summed E-state index contributed by atoms with van der Waals surface area (Å²) in [5.74, 6) is 1.42. The predicted molar refractivity (Wildman–Crippen MR) is 115 cm³/mol. The molecule has 7 heteroatoms. The van der Waals surface area contributed by atoms with Gasteiger partial charge in [-0.3, -0.25) is 14.7 Å². The van der Waals surface area contributed by atoms with Crippen LogP contribution in [-0.4, -0.2) is 43.6 Å². The number of carbonyl (C=O) groups excluding carboxylic acids is 1. The zero-order valence-electron chi connectivity index (χ0n) is 17.5. The molecule has 0 radical (unpaired) electrons. The number of pyridine rings is 1. The van der Waals surface area contributed by atoms with Crippen molar-refractivity contribution in [2.24, 2.45) is 0 Å². The summed E-state index contributed by atoms with van der Waals surface area (Å²) in [4.78, 5) is 32.7. The first-order valence-electron chi connectivity index (χ1n) is 10.4. The molecule has 3 aromatic rings. The Hall–Kier alpha value is -3.22. The summed E-state index contributed by atoms with van der Waals surface area (Å²) in [5.41, 5.74) is 1.94. The second-order valence-electron chi connectivity index (χ2n) is 7.98. The normalized spacial score (nSPS) is 16.6. The van der Waals surface area contributed by atoms with Gasteiger partial charge in [0.15, 0.2) is 5.82 Å². The van der Waals surface area contributed by atoms with Crippen molar-refractivity contribution >= 4 is 5.91 Å². The Morgan fingerprint density at radius 3 is 2.73 bits per heavy atom. The third-order valence-corrected chi connectivity index (χ3v) is 5.76. The Balaban J connectivity index is 1.53. The highest BCUT2D eigenvalue weighted by atomic mass is 16.2. The summed E-state index contributed by atoms with van der Waals surface area (Å²) in [6, 6.07) is 11.9. The van der Waals surface area contributed by atoms with Crippen molar-refractivity contribution in [2.45, 2.75) is 45.6 Å². The number of nitrogens with zero attached hydrogens (tertiary/aromatic N) is 4. The quantitative estimate of drug-likeness (QED) is 0.707. The number of piperidine rings is 1. The topological polar surface area (TPSA) is 83.9 Å². The van der Waals surface area contributed by atoms with Gasteiger partial charge in [-0.2, -0.15) is 5.10 Å². The van der Waals surface area contributed by atoms with Crippen LogP contribution in [0.3, 0.4) is 0 Å². The van der Waals surface area contributed by atoms with Crippen LogP contribution >= 0.6 is 0 Å². The fraction of sp³-hybridized carbons (Fsp3) is 0.391. The van der Waals surface area contributed by atoms with E-state index in [9.17, 15) is 9.59 Å². The molecule has 1 atom stereocenters. The van der Waals surface area contributed by atoms with Gasteiger partial charge >= 0.3 is 0 Å². The molecule has 1 fully saturated rings. The molecule has 1 saturated heterocycles. The molecule has 7 nitrogen and oxygen atoms in total. The van der Waals surface area contributed by atoms with Gasteiger partial charge in [0.05, 0.1) is 0 Å². The molecule has 3 heterocycles. The molecular formula is C23H27N5O2. The van der Waals surface area contributed by atoms with E-state index in [1.54, 1.807) is 15.7 Å². The maximum absolute atomic E-state index is 13.3. The highest BCUT2D eigenvalue weighted by molar-refractivity contribution is 5.95.